The van der Waals surface area contributed by atoms with E-state index in [9.17, 15) is 5.11 Å². The van der Waals surface area contributed by atoms with Gasteiger partial charge in [0.1, 0.15) is 17.5 Å². The van der Waals surface area contributed by atoms with Crippen molar-refractivity contribution in [2.75, 3.05) is 23.8 Å². The van der Waals surface area contributed by atoms with Crippen LogP contribution < -0.4 is 10.6 Å². The standard InChI is InChI=1S/C13H24N4O/c1-6-14-12-9(4)13(16-10(5)15-12)17-11(7-18)8(2)3/h8,11,18H,6-7H2,1-5H3,(H2,14,15,16,17). The van der Waals surface area contributed by atoms with E-state index in [1.165, 1.54) is 0 Å². The van der Waals surface area contributed by atoms with Crippen molar-refractivity contribution in [3.8, 4) is 0 Å². The minimum atomic E-state index is 0.00692. The molecule has 3 N–H and O–H groups in total. The largest absolute Gasteiger partial charge is 0.394 e. The summed E-state index contributed by atoms with van der Waals surface area (Å²) in [7, 11) is 0. The van der Waals surface area contributed by atoms with Gasteiger partial charge >= 0.3 is 0 Å². The molecule has 1 unspecified atom stereocenters. The van der Waals surface area contributed by atoms with Gasteiger partial charge in [-0.3, -0.25) is 0 Å². The van der Waals surface area contributed by atoms with Crippen LogP contribution in [0.5, 0.6) is 0 Å². The highest BCUT2D eigenvalue weighted by atomic mass is 16.3. The van der Waals surface area contributed by atoms with Crippen LogP contribution in [0.4, 0.5) is 11.6 Å². The van der Waals surface area contributed by atoms with Gasteiger partial charge in [0.15, 0.2) is 0 Å². The van der Waals surface area contributed by atoms with Crippen LogP contribution in [-0.4, -0.2) is 34.3 Å². The molecule has 1 aromatic rings. The van der Waals surface area contributed by atoms with Crippen molar-refractivity contribution in [3.63, 3.8) is 0 Å². The highest BCUT2D eigenvalue weighted by Gasteiger charge is 2.15. The second-order valence-corrected chi connectivity index (χ2v) is 4.80. The maximum atomic E-state index is 9.37. The molecular formula is C13H24N4O. The summed E-state index contributed by atoms with van der Waals surface area (Å²) in [5.74, 6) is 2.71. The summed E-state index contributed by atoms with van der Waals surface area (Å²) in [6.45, 7) is 10.9. The Kier molecular flexibility index (Phi) is 5.34. The maximum absolute atomic E-state index is 9.37. The molecule has 1 heterocycles. The van der Waals surface area contributed by atoms with Gasteiger partial charge in [0.05, 0.1) is 12.6 Å². The molecule has 18 heavy (non-hydrogen) atoms. The first-order valence-electron chi connectivity index (χ1n) is 6.46. The Morgan fingerprint density at radius 2 is 1.78 bits per heavy atom. The maximum Gasteiger partial charge on any atom is 0.135 e. The molecule has 5 nitrogen and oxygen atoms in total. The molecule has 0 aromatic carbocycles. The van der Waals surface area contributed by atoms with Crippen molar-refractivity contribution in [2.24, 2.45) is 5.92 Å². The Balaban J connectivity index is 3.00. The average Bonchev–Trinajstić information content (AvgIpc) is 2.31. The van der Waals surface area contributed by atoms with E-state index in [2.05, 4.69) is 34.4 Å². The van der Waals surface area contributed by atoms with Gasteiger partial charge in [-0.05, 0) is 26.7 Å². The van der Waals surface area contributed by atoms with Crippen LogP contribution in [0.2, 0.25) is 0 Å². The van der Waals surface area contributed by atoms with E-state index < -0.39 is 0 Å². The Morgan fingerprint density at radius 3 is 2.28 bits per heavy atom. The lowest BCUT2D eigenvalue weighted by atomic mass is 10.1. The van der Waals surface area contributed by atoms with Crippen molar-refractivity contribution in [3.05, 3.63) is 11.4 Å². The second-order valence-electron chi connectivity index (χ2n) is 4.80. The molecule has 0 amide bonds. The zero-order valence-corrected chi connectivity index (χ0v) is 11.9. The van der Waals surface area contributed by atoms with Crippen molar-refractivity contribution in [2.45, 2.75) is 40.7 Å². The monoisotopic (exact) mass is 252 g/mol. The Hall–Kier alpha value is -1.36. The van der Waals surface area contributed by atoms with Crippen LogP contribution in [0.3, 0.4) is 0 Å². The first kappa shape index (κ1) is 14.7. The first-order chi connectivity index (χ1) is 8.49. The fourth-order valence-electron chi connectivity index (χ4n) is 1.71. The number of aryl methyl sites for hydroxylation is 1. The molecule has 5 heteroatoms. The van der Waals surface area contributed by atoms with Gasteiger partial charge in [0.2, 0.25) is 0 Å². The number of nitrogens with zero attached hydrogens (tertiary/aromatic N) is 2. The molecule has 102 valence electrons. The van der Waals surface area contributed by atoms with Crippen LogP contribution in [0.15, 0.2) is 0 Å². The van der Waals surface area contributed by atoms with Gasteiger partial charge in [-0.25, -0.2) is 9.97 Å². The minimum Gasteiger partial charge on any atom is -0.394 e. The van der Waals surface area contributed by atoms with Crippen molar-refractivity contribution < 1.29 is 5.11 Å². The van der Waals surface area contributed by atoms with Gasteiger partial charge in [-0.15, -0.1) is 0 Å². The fraction of sp³-hybridized carbons (Fsp3) is 0.692. The van der Waals surface area contributed by atoms with Crippen molar-refractivity contribution in [1.82, 2.24) is 9.97 Å². The van der Waals surface area contributed by atoms with Gasteiger partial charge in [0, 0.05) is 12.1 Å². The highest BCUT2D eigenvalue weighted by molar-refractivity contribution is 5.57. The van der Waals surface area contributed by atoms with Gasteiger partial charge in [-0.1, -0.05) is 13.8 Å². The number of hydrogen-bond donors (Lipinski definition) is 3. The predicted molar refractivity (Wildman–Crippen MR) is 75.0 cm³/mol. The summed E-state index contributed by atoms with van der Waals surface area (Å²) in [4.78, 5) is 8.79. The van der Waals surface area contributed by atoms with Gasteiger partial charge in [0.25, 0.3) is 0 Å². The number of aliphatic hydroxyl groups is 1. The normalized spacial score (nSPS) is 12.6. The number of rotatable bonds is 6. The third-order valence-electron chi connectivity index (χ3n) is 2.93. The summed E-state index contributed by atoms with van der Waals surface area (Å²) in [6.07, 6.45) is 0. The SMILES string of the molecule is CCNc1nc(C)nc(NC(CO)C(C)C)c1C. The lowest BCUT2D eigenvalue weighted by Gasteiger charge is -2.22. The summed E-state index contributed by atoms with van der Waals surface area (Å²) in [5, 5.41) is 15.9. The fourth-order valence-corrected chi connectivity index (χ4v) is 1.71. The topological polar surface area (TPSA) is 70.1 Å². The number of hydrogen-bond acceptors (Lipinski definition) is 5. The first-order valence-corrected chi connectivity index (χ1v) is 6.46. The molecule has 1 aromatic heterocycles. The molecule has 1 atom stereocenters. The van der Waals surface area contributed by atoms with E-state index >= 15 is 0 Å². The van der Waals surface area contributed by atoms with Gasteiger partial charge in [-0.2, -0.15) is 0 Å². The van der Waals surface area contributed by atoms with Gasteiger partial charge < -0.3 is 15.7 Å². The van der Waals surface area contributed by atoms with E-state index in [4.69, 9.17) is 0 Å². The molecule has 0 aliphatic carbocycles. The molecule has 1 rings (SSSR count). The summed E-state index contributed by atoms with van der Waals surface area (Å²) < 4.78 is 0. The van der Waals surface area contributed by atoms with E-state index in [0.717, 1.165) is 29.6 Å². The van der Waals surface area contributed by atoms with Crippen molar-refractivity contribution >= 4 is 11.6 Å². The molecule has 0 aliphatic heterocycles. The Labute approximate surface area is 109 Å². The van der Waals surface area contributed by atoms with Crippen LogP contribution in [0.25, 0.3) is 0 Å². The molecule has 0 aliphatic rings. The van der Waals surface area contributed by atoms with Crippen LogP contribution in [-0.2, 0) is 0 Å². The Bertz CT molecular complexity index is 393. The lowest BCUT2D eigenvalue weighted by molar-refractivity contribution is 0.249. The predicted octanol–water partition coefficient (Wildman–Crippen LogP) is 1.95. The third-order valence-corrected chi connectivity index (χ3v) is 2.93. The molecule has 0 bridgehead atoms. The molecule has 0 saturated heterocycles. The van der Waals surface area contributed by atoms with Crippen LogP contribution in [0.1, 0.15) is 32.2 Å². The van der Waals surface area contributed by atoms with E-state index in [-0.39, 0.29) is 12.6 Å². The molecule has 0 fully saturated rings. The number of nitrogens with one attached hydrogen (secondary N) is 2. The quantitative estimate of drug-likeness (QED) is 0.722. The van der Waals surface area contributed by atoms with Crippen molar-refractivity contribution in [1.29, 1.82) is 0 Å². The smallest absolute Gasteiger partial charge is 0.135 e. The minimum absolute atomic E-state index is 0.00692. The van der Waals surface area contributed by atoms with E-state index in [1.807, 2.05) is 20.8 Å². The Morgan fingerprint density at radius 1 is 1.17 bits per heavy atom. The third kappa shape index (κ3) is 3.57. The number of aromatic nitrogens is 2. The van der Waals surface area contributed by atoms with Crippen LogP contribution in [0, 0.1) is 19.8 Å². The summed E-state index contributed by atoms with van der Waals surface area (Å²) in [5.41, 5.74) is 0.988. The number of anilines is 2. The zero-order chi connectivity index (χ0) is 13.7. The zero-order valence-electron chi connectivity index (χ0n) is 11.9. The van der Waals surface area contributed by atoms with E-state index in [0.29, 0.717) is 5.92 Å². The average molecular weight is 252 g/mol. The molecule has 0 radical (unpaired) electrons. The molecule has 0 spiro atoms. The lowest BCUT2D eigenvalue weighted by Crippen LogP contribution is -2.30. The van der Waals surface area contributed by atoms with Crippen LogP contribution >= 0.6 is 0 Å². The van der Waals surface area contributed by atoms with E-state index in [1.54, 1.807) is 0 Å². The second kappa shape index (κ2) is 6.54. The summed E-state index contributed by atoms with van der Waals surface area (Å²) in [6, 6.07) is 0.00692. The highest BCUT2D eigenvalue weighted by Crippen LogP contribution is 2.21. The number of aliphatic hydroxyl groups excluding tert-OH is 1. The molecule has 0 saturated carbocycles. The molecular weight excluding hydrogens is 228 g/mol. The summed E-state index contributed by atoms with van der Waals surface area (Å²) >= 11 is 0.